The molecule has 6 heteroatoms. The Hall–Kier alpha value is -1.69. The Morgan fingerprint density at radius 1 is 1.29 bits per heavy atom. The molecule has 21 heavy (non-hydrogen) atoms. The van der Waals surface area contributed by atoms with Crippen LogP contribution in [-0.4, -0.2) is 30.8 Å². The molecule has 1 aromatic rings. The lowest BCUT2D eigenvalue weighted by Crippen LogP contribution is -2.38. The molecule has 1 fully saturated rings. The first-order chi connectivity index (χ1) is 10.0. The van der Waals surface area contributed by atoms with Gasteiger partial charge in [0.05, 0.1) is 6.61 Å². The number of aliphatic hydroxyl groups is 1. The van der Waals surface area contributed by atoms with E-state index in [2.05, 4.69) is 10.1 Å². The zero-order valence-corrected chi connectivity index (χ0v) is 11.6. The summed E-state index contributed by atoms with van der Waals surface area (Å²) in [6.07, 6.45) is 3.95. The van der Waals surface area contributed by atoms with Crippen molar-refractivity contribution in [2.24, 2.45) is 5.41 Å². The van der Waals surface area contributed by atoms with Gasteiger partial charge in [-0.25, -0.2) is 0 Å². The minimum absolute atomic E-state index is 0.0178. The Morgan fingerprint density at radius 3 is 2.43 bits per heavy atom. The minimum Gasteiger partial charge on any atom is -0.435 e. The predicted octanol–water partition coefficient (Wildman–Crippen LogP) is 2.57. The summed E-state index contributed by atoms with van der Waals surface area (Å²) in [6, 6.07) is 5.54. The fourth-order valence-electron chi connectivity index (χ4n) is 2.67. The van der Waals surface area contributed by atoms with E-state index < -0.39 is 6.61 Å². The number of amides is 1. The zero-order valence-electron chi connectivity index (χ0n) is 11.6. The van der Waals surface area contributed by atoms with Crippen LogP contribution in [0.5, 0.6) is 5.75 Å². The van der Waals surface area contributed by atoms with Gasteiger partial charge in [0.2, 0.25) is 0 Å². The third-order valence-corrected chi connectivity index (χ3v) is 3.97. The maximum Gasteiger partial charge on any atom is 0.387 e. The number of aliphatic hydroxyl groups excluding tert-OH is 1. The van der Waals surface area contributed by atoms with E-state index in [1.165, 1.54) is 24.3 Å². The number of ether oxygens (including phenoxy) is 1. The van der Waals surface area contributed by atoms with Crippen LogP contribution in [0.4, 0.5) is 8.78 Å². The van der Waals surface area contributed by atoms with E-state index in [0.717, 1.165) is 25.7 Å². The molecule has 0 unspecified atom stereocenters. The molecule has 2 N–H and O–H groups in total. The lowest BCUT2D eigenvalue weighted by molar-refractivity contribution is -0.0498. The summed E-state index contributed by atoms with van der Waals surface area (Å²) in [5, 5.41) is 12.3. The second kappa shape index (κ2) is 6.85. The van der Waals surface area contributed by atoms with Crippen molar-refractivity contribution in [1.82, 2.24) is 5.32 Å². The lowest BCUT2D eigenvalue weighted by Gasteiger charge is -2.26. The van der Waals surface area contributed by atoms with Gasteiger partial charge in [-0.15, -0.1) is 0 Å². The Kier molecular flexibility index (Phi) is 5.12. The number of benzene rings is 1. The third-order valence-electron chi connectivity index (χ3n) is 3.97. The number of nitrogens with one attached hydrogen (secondary N) is 1. The van der Waals surface area contributed by atoms with Crippen molar-refractivity contribution in [3.63, 3.8) is 0 Å². The molecule has 1 aliphatic carbocycles. The standard InChI is InChI=1S/C15H19F2NO3/c16-14(17)21-12-5-3-11(4-6-12)13(20)18-9-15(10-19)7-1-2-8-15/h3-6,14,19H,1-2,7-10H2,(H,18,20). The highest BCUT2D eigenvalue weighted by atomic mass is 19.3. The third kappa shape index (κ3) is 4.14. The van der Waals surface area contributed by atoms with Gasteiger partial charge in [0.25, 0.3) is 5.91 Å². The molecule has 1 amide bonds. The number of carbonyl (C=O) groups is 1. The monoisotopic (exact) mass is 299 g/mol. The molecule has 0 saturated heterocycles. The molecule has 1 aliphatic rings. The van der Waals surface area contributed by atoms with Crippen molar-refractivity contribution >= 4 is 5.91 Å². The van der Waals surface area contributed by atoms with Crippen LogP contribution in [-0.2, 0) is 0 Å². The quantitative estimate of drug-likeness (QED) is 0.849. The first-order valence-corrected chi connectivity index (χ1v) is 6.99. The second-order valence-corrected chi connectivity index (χ2v) is 5.45. The molecule has 0 aliphatic heterocycles. The summed E-state index contributed by atoms with van der Waals surface area (Å²) in [4.78, 5) is 12.0. The van der Waals surface area contributed by atoms with Gasteiger partial charge in [0, 0.05) is 17.5 Å². The number of hydrogen-bond donors (Lipinski definition) is 2. The maximum atomic E-state index is 12.0. The summed E-state index contributed by atoms with van der Waals surface area (Å²) < 4.78 is 28.3. The normalized spacial score (nSPS) is 17.0. The molecule has 0 atom stereocenters. The first kappa shape index (κ1) is 15.7. The Bertz CT molecular complexity index is 470. The average molecular weight is 299 g/mol. The summed E-state index contributed by atoms with van der Waals surface area (Å²) in [7, 11) is 0. The number of rotatable bonds is 6. The Balaban J connectivity index is 1.91. The van der Waals surface area contributed by atoms with E-state index in [0.29, 0.717) is 12.1 Å². The summed E-state index contributed by atoms with van der Waals surface area (Å²) in [6.45, 7) is -2.39. The molecule has 0 heterocycles. The van der Waals surface area contributed by atoms with Gasteiger partial charge in [0.15, 0.2) is 0 Å². The van der Waals surface area contributed by atoms with Crippen LogP contribution in [0.3, 0.4) is 0 Å². The molecule has 0 aromatic heterocycles. The molecular weight excluding hydrogens is 280 g/mol. The van der Waals surface area contributed by atoms with Crippen molar-refractivity contribution in [2.45, 2.75) is 32.3 Å². The van der Waals surface area contributed by atoms with Crippen LogP contribution in [0.25, 0.3) is 0 Å². The van der Waals surface area contributed by atoms with Crippen LogP contribution in [0.15, 0.2) is 24.3 Å². The average Bonchev–Trinajstić information content (AvgIpc) is 2.94. The largest absolute Gasteiger partial charge is 0.435 e. The van der Waals surface area contributed by atoms with Crippen molar-refractivity contribution in [2.75, 3.05) is 13.2 Å². The van der Waals surface area contributed by atoms with Crippen molar-refractivity contribution in [3.8, 4) is 5.75 Å². The summed E-state index contributed by atoms with van der Waals surface area (Å²) in [5.74, 6) is -0.262. The van der Waals surface area contributed by atoms with Crippen LogP contribution in [0.2, 0.25) is 0 Å². The number of alkyl halides is 2. The minimum atomic E-state index is -2.88. The van der Waals surface area contributed by atoms with E-state index >= 15 is 0 Å². The number of halogens is 2. The Labute approximate surface area is 122 Å². The zero-order chi connectivity index (χ0) is 15.3. The second-order valence-electron chi connectivity index (χ2n) is 5.45. The molecule has 0 bridgehead atoms. The van der Waals surface area contributed by atoms with Crippen molar-refractivity contribution in [1.29, 1.82) is 0 Å². The molecule has 1 saturated carbocycles. The predicted molar refractivity (Wildman–Crippen MR) is 73.4 cm³/mol. The molecule has 0 radical (unpaired) electrons. The highest BCUT2D eigenvalue weighted by Crippen LogP contribution is 2.36. The van der Waals surface area contributed by atoms with Gasteiger partial charge in [0.1, 0.15) is 5.75 Å². The van der Waals surface area contributed by atoms with Crippen LogP contribution < -0.4 is 10.1 Å². The first-order valence-electron chi connectivity index (χ1n) is 6.99. The molecule has 2 rings (SSSR count). The van der Waals surface area contributed by atoms with Crippen molar-refractivity contribution in [3.05, 3.63) is 29.8 Å². The van der Waals surface area contributed by atoms with Gasteiger partial charge < -0.3 is 15.2 Å². The van der Waals surface area contributed by atoms with Gasteiger partial charge in [-0.05, 0) is 37.1 Å². The molecule has 116 valence electrons. The fourth-order valence-corrected chi connectivity index (χ4v) is 2.67. The molecule has 4 nitrogen and oxygen atoms in total. The molecule has 0 spiro atoms. The lowest BCUT2D eigenvalue weighted by atomic mass is 9.87. The van der Waals surface area contributed by atoms with E-state index in [-0.39, 0.29) is 23.7 Å². The molecule has 1 aromatic carbocycles. The SMILES string of the molecule is O=C(NCC1(CO)CCCC1)c1ccc(OC(F)F)cc1. The number of carbonyl (C=O) groups excluding carboxylic acids is 1. The van der Waals surface area contributed by atoms with Crippen LogP contribution in [0.1, 0.15) is 36.0 Å². The van der Waals surface area contributed by atoms with E-state index in [4.69, 9.17) is 0 Å². The van der Waals surface area contributed by atoms with E-state index in [1.807, 2.05) is 0 Å². The number of hydrogen-bond acceptors (Lipinski definition) is 3. The maximum absolute atomic E-state index is 12.0. The highest BCUT2D eigenvalue weighted by Gasteiger charge is 2.33. The topological polar surface area (TPSA) is 58.6 Å². The summed E-state index contributed by atoms with van der Waals surface area (Å²) in [5.41, 5.74) is 0.164. The van der Waals surface area contributed by atoms with Gasteiger partial charge in [-0.3, -0.25) is 4.79 Å². The Morgan fingerprint density at radius 2 is 1.90 bits per heavy atom. The fraction of sp³-hybridized carbons (Fsp3) is 0.533. The van der Waals surface area contributed by atoms with Gasteiger partial charge in [-0.2, -0.15) is 8.78 Å². The summed E-state index contributed by atoms with van der Waals surface area (Å²) >= 11 is 0. The van der Waals surface area contributed by atoms with E-state index in [1.54, 1.807) is 0 Å². The van der Waals surface area contributed by atoms with Gasteiger partial charge >= 0.3 is 6.61 Å². The van der Waals surface area contributed by atoms with Crippen LogP contribution in [0, 0.1) is 5.41 Å². The van der Waals surface area contributed by atoms with E-state index in [9.17, 15) is 18.7 Å². The highest BCUT2D eigenvalue weighted by molar-refractivity contribution is 5.94. The van der Waals surface area contributed by atoms with Crippen molar-refractivity contribution < 1.29 is 23.4 Å². The van der Waals surface area contributed by atoms with Gasteiger partial charge in [-0.1, -0.05) is 12.8 Å². The molecular formula is C15H19F2NO3. The smallest absolute Gasteiger partial charge is 0.387 e. The van der Waals surface area contributed by atoms with Crippen LogP contribution >= 0.6 is 0 Å².